The molecule has 0 aliphatic heterocycles. The summed E-state index contributed by atoms with van der Waals surface area (Å²) in [6.07, 6.45) is 9.50. The van der Waals surface area contributed by atoms with Gasteiger partial charge in [0, 0.05) is 21.8 Å². The molecule has 0 bridgehead atoms. The number of aromatic amines is 1. The van der Waals surface area contributed by atoms with E-state index in [9.17, 15) is 50.4 Å². The van der Waals surface area contributed by atoms with Gasteiger partial charge in [-0.15, -0.1) is 0 Å². The van der Waals surface area contributed by atoms with E-state index >= 15 is 0 Å². The van der Waals surface area contributed by atoms with E-state index in [1.165, 1.54) is 21.8 Å². The van der Waals surface area contributed by atoms with E-state index < -0.39 is 15.6 Å². The molecule has 0 spiro atoms. The summed E-state index contributed by atoms with van der Waals surface area (Å²) in [7, 11) is -21.3. The van der Waals surface area contributed by atoms with Gasteiger partial charge < -0.3 is 4.98 Å². The molecule has 0 amide bonds. The first-order valence-corrected chi connectivity index (χ1v) is 12.3. The predicted octanol–water partition coefficient (Wildman–Crippen LogP) is 11.6. The number of benzene rings is 2. The van der Waals surface area contributed by atoms with Crippen molar-refractivity contribution in [2.75, 3.05) is 0 Å². The number of rotatable bonds is 0. The van der Waals surface area contributed by atoms with E-state index in [2.05, 4.69) is 77.8 Å². The first-order chi connectivity index (χ1) is 13.8. The van der Waals surface area contributed by atoms with Gasteiger partial charge in [0.15, 0.2) is 0 Å². The molecule has 0 saturated carbocycles. The Balaban J connectivity index is 0.000000445. The normalized spacial score (nSPS) is 16.8. The molecule has 3 aromatic rings. The quantitative estimate of drug-likeness (QED) is 0.155. The Hall–Kier alpha value is -1.74. The van der Waals surface area contributed by atoms with Crippen molar-refractivity contribution in [3.8, 4) is 0 Å². The van der Waals surface area contributed by atoms with Gasteiger partial charge in [0.2, 0.25) is 0 Å². The number of fused-ring (bicyclic) bond motifs is 3. The minimum absolute atomic E-state index is 0. The third-order valence-electron chi connectivity index (χ3n) is 3.07. The zero-order valence-corrected chi connectivity index (χ0v) is 18.8. The van der Waals surface area contributed by atoms with E-state index in [1.54, 1.807) is 0 Å². The monoisotopic (exact) mass is 579 g/mol. The van der Waals surface area contributed by atoms with Crippen LogP contribution in [-0.4, -0.2) is 4.98 Å². The van der Waals surface area contributed by atoms with Gasteiger partial charge in [-0.1, -0.05) is 60.7 Å². The van der Waals surface area contributed by atoms with Gasteiger partial charge >= 0.3 is 83.0 Å². The van der Waals surface area contributed by atoms with Crippen LogP contribution in [0.1, 0.15) is 6.42 Å². The van der Waals surface area contributed by atoms with Gasteiger partial charge in [0.05, 0.1) is 0 Å². The van der Waals surface area contributed by atoms with Gasteiger partial charge in [-0.25, -0.2) is 0 Å². The van der Waals surface area contributed by atoms with Gasteiger partial charge in [-0.2, -0.15) is 0 Å². The van der Waals surface area contributed by atoms with E-state index in [1.807, 2.05) is 0 Å². The molecule has 2 aromatic carbocycles. The van der Waals surface area contributed by atoms with Gasteiger partial charge in [0.25, 0.3) is 0 Å². The Bertz CT molecular complexity index is 1020. The number of para-hydroxylation sites is 2. The second-order valence-electron chi connectivity index (χ2n) is 6.22. The molecular formula is C17H15F12FeNP2. The third kappa shape index (κ3) is 21.8. The molecular weight excluding hydrogens is 564 g/mol. The van der Waals surface area contributed by atoms with Crippen molar-refractivity contribution in [2.45, 2.75) is 6.42 Å². The predicted molar refractivity (Wildman–Crippen MR) is 106 cm³/mol. The minimum Gasteiger partial charge on any atom is -0.355 e. The summed E-state index contributed by atoms with van der Waals surface area (Å²) in [5.74, 6) is 0. The van der Waals surface area contributed by atoms with Gasteiger partial charge in [-0.3, -0.25) is 0 Å². The molecule has 0 unspecified atom stereocenters. The number of hydrogen-bond donors (Lipinski definition) is 1. The number of H-pyrrole nitrogens is 1. The average molecular weight is 579 g/mol. The number of hydrogen-bond acceptors (Lipinski definition) is 0. The Morgan fingerprint density at radius 2 is 0.788 bits per heavy atom. The standard InChI is InChI=1S/C12H9N.C5H6.2F6P.Fe/c1-3-7-11-9(5-1)10-6-2-4-8-12(10)13-11;1-2-4-5-3-1;2*1-7(2,3,4,5)6;/h1-8,13H;1-4H,5H2;;;/q;;2*-1;+2. The fourth-order valence-electron chi connectivity index (χ4n) is 2.19. The SMILES string of the molecule is C1=CCC=C1.F[P-](F)(F)(F)(F)F.F[P-](F)(F)(F)(F)F.[Fe+2].c1ccc2c(c1)[nH]c1ccccc12. The molecule has 1 aliphatic carbocycles. The summed E-state index contributed by atoms with van der Waals surface area (Å²) in [5, 5.41) is 2.61. The zero-order valence-electron chi connectivity index (χ0n) is 15.9. The number of allylic oxidation sites excluding steroid dienone is 4. The molecule has 1 nitrogen and oxygen atoms in total. The van der Waals surface area contributed by atoms with E-state index in [4.69, 9.17) is 0 Å². The zero-order chi connectivity index (χ0) is 25.0. The van der Waals surface area contributed by atoms with Crippen LogP contribution in [0.2, 0.25) is 0 Å². The number of aromatic nitrogens is 1. The molecule has 190 valence electrons. The molecule has 33 heavy (non-hydrogen) atoms. The molecule has 4 rings (SSSR count). The van der Waals surface area contributed by atoms with Crippen LogP contribution in [0, 0.1) is 0 Å². The maximum atomic E-state index is 9.87. The summed E-state index contributed by atoms with van der Waals surface area (Å²) >= 11 is 0. The van der Waals surface area contributed by atoms with Crippen LogP contribution in [0.15, 0.2) is 72.8 Å². The summed E-state index contributed by atoms with van der Waals surface area (Å²) in [6.45, 7) is 0. The van der Waals surface area contributed by atoms with Crippen molar-refractivity contribution in [3.05, 3.63) is 72.8 Å². The van der Waals surface area contributed by atoms with Crippen LogP contribution in [0.4, 0.5) is 50.4 Å². The maximum Gasteiger partial charge on any atom is 2.00 e. The van der Waals surface area contributed by atoms with Crippen LogP contribution in [0.3, 0.4) is 0 Å². The smallest absolute Gasteiger partial charge is 0.355 e. The van der Waals surface area contributed by atoms with Gasteiger partial charge in [-0.05, 0) is 18.6 Å². The molecule has 0 atom stereocenters. The molecule has 0 saturated heterocycles. The van der Waals surface area contributed by atoms with E-state index in [0.29, 0.717) is 0 Å². The molecule has 1 aromatic heterocycles. The molecule has 1 heterocycles. The van der Waals surface area contributed by atoms with Crippen LogP contribution < -0.4 is 0 Å². The first kappa shape index (κ1) is 31.3. The largest absolute Gasteiger partial charge is 2.00 e. The molecule has 0 fully saturated rings. The van der Waals surface area contributed by atoms with Crippen molar-refractivity contribution in [1.29, 1.82) is 0 Å². The molecule has 0 radical (unpaired) electrons. The number of halogens is 12. The minimum atomic E-state index is -10.7. The molecule has 1 N–H and O–H groups in total. The van der Waals surface area contributed by atoms with Crippen molar-refractivity contribution < 1.29 is 67.4 Å². The van der Waals surface area contributed by atoms with Crippen molar-refractivity contribution in [2.24, 2.45) is 0 Å². The Labute approximate surface area is 189 Å². The molecule has 16 heteroatoms. The summed E-state index contributed by atoms with van der Waals surface area (Å²) in [4.78, 5) is 3.38. The maximum absolute atomic E-state index is 10.7. The second-order valence-corrected chi connectivity index (χ2v) is 10.1. The van der Waals surface area contributed by atoms with Crippen LogP contribution >= 0.6 is 15.6 Å². The number of nitrogens with one attached hydrogen (secondary N) is 1. The fraction of sp³-hybridized carbons (Fsp3) is 0.0588. The topological polar surface area (TPSA) is 15.8 Å². The van der Waals surface area contributed by atoms with Crippen molar-refractivity contribution in [3.63, 3.8) is 0 Å². The average Bonchev–Trinajstić information content (AvgIpc) is 3.20. The Kier molecular flexibility index (Phi) is 8.34. The summed E-state index contributed by atoms with van der Waals surface area (Å²) < 4.78 is 118. The van der Waals surface area contributed by atoms with Gasteiger partial charge in [0.1, 0.15) is 0 Å². The fourth-order valence-corrected chi connectivity index (χ4v) is 2.19. The van der Waals surface area contributed by atoms with Crippen LogP contribution in [0.5, 0.6) is 0 Å². The third-order valence-corrected chi connectivity index (χ3v) is 3.07. The van der Waals surface area contributed by atoms with Crippen LogP contribution in [0.25, 0.3) is 21.8 Å². The van der Waals surface area contributed by atoms with Crippen molar-refractivity contribution >= 4 is 37.4 Å². The Morgan fingerprint density at radius 1 is 0.515 bits per heavy atom. The Morgan fingerprint density at radius 3 is 1.03 bits per heavy atom. The summed E-state index contributed by atoms with van der Waals surface area (Å²) in [6, 6.07) is 16.8. The second kappa shape index (κ2) is 8.80. The first-order valence-electron chi connectivity index (χ1n) is 8.25. The van der Waals surface area contributed by atoms with Crippen molar-refractivity contribution in [1.82, 2.24) is 4.98 Å². The summed E-state index contributed by atoms with van der Waals surface area (Å²) in [5.41, 5.74) is 2.42. The van der Waals surface area contributed by atoms with Crippen LogP contribution in [-0.2, 0) is 17.1 Å². The molecule has 1 aliphatic rings. The van der Waals surface area contributed by atoms with E-state index in [-0.39, 0.29) is 17.1 Å². The van der Waals surface area contributed by atoms with E-state index in [0.717, 1.165) is 6.42 Å².